The van der Waals surface area contributed by atoms with Crippen molar-refractivity contribution in [1.82, 2.24) is 5.32 Å². The minimum absolute atomic E-state index is 0.0746. The van der Waals surface area contributed by atoms with Gasteiger partial charge in [-0.15, -0.1) is 0 Å². The second-order valence-electron chi connectivity index (χ2n) is 6.40. The second kappa shape index (κ2) is 7.34. The summed E-state index contributed by atoms with van der Waals surface area (Å²) in [5, 5.41) is 3.00. The molecule has 1 aromatic carbocycles. The quantitative estimate of drug-likeness (QED) is 0.867. The molecule has 0 atom stereocenters. The Kier molecular flexibility index (Phi) is 5.68. The Labute approximate surface area is 139 Å². The summed E-state index contributed by atoms with van der Waals surface area (Å²) in [5.41, 5.74) is 2.76. The number of anilines is 1. The average molecular weight is 338 g/mol. The van der Waals surface area contributed by atoms with Crippen LogP contribution in [0, 0.1) is 13.8 Å². The van der Waals surface area contributed by atoms with E-state index in [9.17, 15) is 13.2 Å². The predicted octanol–water partition coefficient (Wildman–Crippen LogP) is 2.52. The highest BCUT2D eigenvalue weighted by atomic mass is 32.2. The molecule has 1 N–H and O–H groups in total. The third-order valence-corrected chi connectivity index (χ3v) is 5.64. The van der Waals surface area contributed by atoms with Crippen molar-refractivity contribution in [3.8, 4) is 0 Å². The molecule has 1 aliphatic carbocycles. The molecule has 1 aromatic rings. The van der Waals surface area contributed by atoms with Crippen molar-refractivity contribution in [3.05, 3.63) is 29.3 Å². The molecule has 0 radical (unpaired) electrons. The Balaban J connectivity index is 2.04. The van der Waals surface area contributed by atoms with E-state index >= 15 is 0 Å². The number of sulfonamides is 1. The molecular formula is C17H26N2O3S. The zero-order chi connectivity index (χ0) is 17.0. The zero-order valence-electron chi connectivity index (χ0n) is 14.1. The van der Waals surface area contributed by atoms with Gasteiger partial charge in [0, 0.05) is 19.0 Å². The standard InChI is InChI=1S/C17H26N2O3S/c1-13-8-9-16(12-14(13)2)19(23(3,21)22)11-10-17(20)18-15-6-4-5-7-15/h8-9,12,15H,4-7,10-11H2,1-3H3,(H,18,20). The summed E-state index contributed by atoms with van der Waals surface area (Å²) in [6.07, 6.45) is 5.72. The van der Waals surface area contributed by atoms with Crippen LogP contribution in [0.15, 0.2) is 18.2 Å². The number of carbonyl (C=O) groups is 1. The molecule has 0 heterocycles. The van der Waals surface area contributed by atoms with Gasteiger partial charge in [-0.25, -0.2) is 8.42 Å². The molecule has 0 spiro atoms. The molecule has 0 saturated heterocycles. The molecule has 1 fully saturated rings. The minimum Gasteiger partial charge on any atom is -0.353 e. The summed E-state index contributed by atoms with van der Waals surface area (Å²) in [5.74, 6) is -0.0746. The average Bonchev–Trinajstić information content (AvgIpc) is 2.94. The molecule has 2 rings (SSSR count). The van der Waals surface area contributed by atoms with Crippen LogP contribution in [0.4, 0.5) is 5.69 Å². The number of rotatable bonds is 6. The van der Waals surface area contributed by atoms with Crippen molar-refractivity contribution in [2.75, 3.05) is 17.1 Å². The van der Waals surface area contributed by atoms with Gasteiger partial charge >= 0.3 is 0 Å². The van der Waals surface area contributed by atoms with Gasteiger partial charge in [0.1, 0.15) is 0 Å². The monoisotopic (exact) mass is 338 g/mol. The molecule has 1 saturated carbocycles. The van der Waals surface area contributed by atoms with Crippen molar-refractivity contribution in [1.29, 1.82) is 0 Å². The molecule has 0 bridgehead atoms. The first-order valence-corrected chi connectivity index (χ1v) is 9.96. The van der Waals surface area contributed by atoms with Crippen molar-refractivity contribution in [2.24, 2.45) is 0 Å². The SMILES string of the molecule is Cc1ccc(N(CCC(=O)NC2CCCC2)S(C)(=O)=O)cc1C. The van der Waals surface area contributed by atoms with E-state index in [-0.39, 0.29) is 24.9 Å². The molecular weight excluding hydrogens is 312 g/mol. The van der Waals surface area contributed by atoms with Crippen molar-refractivity contribution < 1.29 is 13.2 Å². The van der Waals surface area contributed by atoms with Crippen molar-refractivity contribution in [2.45, 2.75) is 52.0 Å². The van der Waals surface area contributed by atoms with Gasteiger partial charge in [0.05, 0.1) is 11.9 Å². The first kappa shape index (κ1) is 17.8. The van der Waals surface area contributed by atoms with Crippen molar-refractivity contribution in [3.63, 3.8) is 0 Å². The molecule has 6 heteroatoms. The number of carbonyl (C=O) groups excluding carboxylic acids is 1. The normalized spacial score (nSPS) is 15.6. The minimum atomic E-state index is -3.42. The van der Waals surface area contributed by atoms with E-state index in [4.69, 9.17) is 0 Å². The van der Waals surface area contributed by atoms with Crippen LogP contribution in [0.5, 0.6) is 0 Å². The summed E-state index contributed by atoms with van der Waals surface area (Å²) in [4.78, 5) is 12.1. The zero-order valence-corrected chi connectivity index (χ0v) is 14.9. The van der Waals surface area contributed by atoms with Gasteiger partial charge in [-0.1, -0.05) is 18.9 Å². The number of nitrogens with zero attached hydrogens (tertiary/aromatic N) is 1. The van der Waals surface area contributed by atoms with Crippen LogP contribution in [0.2, 0.25) is 0 Å². The lowest BCUT2D eigenvalue weighted by Gasteiger charge is -2.23. The lowest BCUT2D eigenvalue weighted by Crippen LogP contribution is -2.37. The van der Waals surface area contributed by atoms with Gasteiger partial charge in [-0.05, 0) is 49.9 Å². The number of amides is 1. The van der Waals surface area contributed by atoms with E-state index in [0.717, 1.165) is 36.8 Å². The number of hydrogen-bond acceptors (Lipinski definition) is 3. The number of benzene rings is 1. The maximum Gasteiger partial charge on any atom is 0.232 e. The van der Waals surface area contributed by atoms with Crippen LogP contribution in [-0.2, 0) is 14.8 Å². The Hall–Kier alpha value is -1.56. The number of hydrogen-bond donors (Lipinski definition) is 1. The van der Waals surface area contributed by atoms with E-state index in [1.165, 1.54) is 10.6 Å². The van der Waals surface area contributed by atoms with Crippen LogP contribution in [0.3, 0.4) is 0 Å². The highest BCUT2D eigenvalue weighted by molar-refractivity contribution is 7.92. The molecule has 0 aliphatic heterocycles. The maximum absolute atomic E-state index is 12.1. The lowest BCUT2D eigenvalue weighted by atomic mass is 10.1. The summed E-state index contributed by atoms with van der Waals surface area (Å²) in [6, 6.07) is 5.81. The van der Waals surface area contributed by atoms with Crippen LogP contribution >= 0.6 is 0 Å². The predicted molar refractivity (Wildman–Crippen MR) is 93.1 cm³/mol. The van der Waals surface area contributed by atoms with Gasteiger partial charge < -0.3 is 5.32 Å². The van der Waals surface area contributed by atoms with Gasteiger partial charge in [0.15, 0.2) is 0 Å². The Morgan fingerprint density at radius 2 is 1.87 bits per heavy atom. The third-order valence-electron chi connectivity index (χ3n) is 4.44. The molecule has 23 heavy (non-hydrogen) atoms. The lowest BCUT2D eigenvalue weighted by molar-refractivity contribution is -0.121. The van der Waals surface area contributed by atoms with E-state index in [1.54, 1.807) is 6.07 Å². The highest BCUT2D eigenvalue weighted by Gasteiger charge is 2.21. The fraction of sp³-hybridized carbons (Fsp3) is 0.588. The smallest absolute Gasteiger partial charge is 0.232 e. The second-order valence-corrected chi connectivity index (χ2v) is 8.31. The van der Waals surface area contributed by atoms with Crippen LogP contribution < -0.4 is 9.62 Å². The van der Waals surface area contributed by atoms with Crippen LogP contribution in [0.25, 0.3) is 0 Å². The first-order chi connectivity index (χ1) is 10.8. The third kappa shape index (κ3) is 4.96. The Morgan fingerprint density at radius 1 is 1.22 bits per heavy atom. The van der Waals surface area contributed by atoms with E-state index in [2.05, 4.69) is 5.32 Å². The molecule has 5 nitrogen and oxygen atoms in total. The van der Waals surface area contributed by atoms with Gasteiger partial charge in [0.25, 0.3) is 0 Å². The maximum atomic E-state index is 12.1. The van der Waals surface area contributed by atoms with Crippen LogP contribution in [0.1, 0.15) is 43.2 Å². The van der Waals surface area contributed by atoms with Gasteiger partial charge in [0.2, 0.25) is 15.9 Å². The van der Waals surface area contributed by atoms with E-state index in [1.807, 2.05) is 26.0 Å². The Morgan fingerprint density at radius 3 is 2.43 bits per heavy atom. The molecule has 1 aliphatic rings. The van der Waals surface area contributed by atoms with Gasteiger partial charge in [-0.2, -0.15) is 0 Å². The highest BCUT2D eigenvalue weighted by Crippen LogP contribution is 2.22. The topological polar surface area (TPSA) is 66.5 Å². The molecule has 128 valence electrons. The largest absolute Gasteiger partial charge is 0.353 e. The molecule has 0 unspecified atom stereocenters. The fourth-order valence-electron chi connectivity index (χ4n) is 2.94. The molecule has 0 aromatic heterocycles. The summed E-state index contributed by atoms with van der Waals surface area (Å²) in [7, 11) is -3.42. The summed E-state index contributed by atoms with van der Waals surface area (Å²) < 4.78 is 25.5. The van der Waals surface area contributed by atoms with E-state index < -0.39 is 10.0 Å². The van der Waals surface area contributed by atoms with Crippen LogP contribution in [-0.4, -0.2) is 33.2 Å². The summed E-state index contributed by atoms with van der Waals surface area (Å²) in [6.45, 7) is 4.10. The van der Waals surface area contributed by atoms with Crippen molar-refractivity contribution >= 4 is 21.6 Å². The fourth-order valence-corrected chi connectivity index (χ4v) is 3.86. The summed E-state index contributed by atoms with van der Waals surface area (Å²) >= 11 is 0. The van der Waals surface area contributed by atoms with Gasteiger partial charge in [-0.3, -0.25) is 9.10 Å². The molecule has 1 amide bonds. The number of aryl methyl sites for hydroxylation is 2. The Bertz CT molecular complexity index is 664. The van der Waals surface area contributed by atoms with E-state index in [0.29, 0.717) is 5.69 Å². The number of nitrogens with one attached hydrogen (secondary N) is 1. The first-order valence-electron chi connectivity index (χ1n) is 8.11.